The monoisotopic (exact) mass is 383 g/mol. The predicted molar refractivity (Wildman–Crippen MR) is 109 cm³/mol. The number of amides is 1. The van der Waals surface area contributed by atoms with E-state index in [9.17, 15) is 4.79 Å². The Balaban J connectivity index is 0.00000338. The van der Waals surface area contributed by atoms with Gasteiger partial charge in [-0.25, -0.2) is 0 Å². The van der Waals surface area contributed by atoms with Gasteiger partial charge in [0.25, 0.3) is 0 Å². The van der Waals surface area contributed by atoms with Crippen molar-refractivity contribution < 1.29 is 9.53 Å². The van der Waals surface area contributed by atoms with E-state index < -0.39 is 0 Å². The number of carbonyl (C=O) groups excluding carboxylic acids is 1. The number of nitrogens with zero attached hydrogens (tertiary/aromatic N) is 1. The summed E-state index contributed by atoms with van der Waals surface area (Å²) in [4.78, 5) is 14.3. The van der Waals surface area contributed by atoms with Crippen molar-refractivity contribution in [3.63, 3.8) is 0 Å². The molecule has 0 saturated carbocycles. The number of nitrogens with two attached hydrogens (primary N) is 1. The third-order valence-electron chi connectivity index (χ3n) is 5.00. The Hall–Kier alpha value is -1.30. The number of benzene rings is 1. The number of hydrogen-bond donors (Lipinski definition) is 2. The van der Waals surface area contributed by atoms with E-state index in [-0.39, 0.29) is 29.8 Å². The lowest BCUT2D eigenvalue weighted by Gasteiger charge is -2.42. The van der Waals surface area contributed by atoms with Crippen molar-refractivity contribution in [1.82, 2.24) is 10.2 Å². The van der Waals surface area contributed by atoms with Gasteiger partial charge in [-0.15, -0.1) is 12.4 Å². The van der Waals surface area contributed by atoms with Gasteiger partial charge in [0.05, 0.1) is 13.1 Å². The SMILES string of the molecule is CC(C)c1ccc(OCCNC(=O)CN2CCC(N)C(C)(C)C2)cc1.Cl. The molecule has 1 saturated heterocycles. The summed E-state index contributed by atoms with van der Waals surface area (Å²) in [6.07, 6.45) is 0.940. The van der Waals surface area contributed by atoms with Gasteiger partial charge in [-0.2, -0.15) is 0 Å². The average Bonchev–Trinajstić information content (AvgIpc) is 2.55. The number of hydrogen-bond acceptors (Lipinski definition) is 4. The number of halogens is 1. The van der Waals surface area contributed by atoms with Crippen LogP contribution in [-0.4, -0.2) is 49.6 Å². The van der Waals surface area contributed by atoms with Crippen LogP contribution in [0, 0.1) is 5.41 Å². The van der Waals surface area contributed by atoms with Gasteiger partial charge in [-0.3, -0.25) is 9.69 Å². The zero-order chi connectivity index (χ0) is 18.4. The van der Waals surface area contributed by atoms with Crippen molar-refractivity contribution in [2.45, 2.75) is 46.1 Å². The molecule has 1 heterocycles. The number of carbonyl (C=O) groups is 1. The molecule has 26 heavy (non-hydrogen) atoms. The zero-order valence-corrected chi connectivity index (χ0v) is 17.3. The number of ether oxygens (including phenoxy) is 1. The van der Waals surface area contributed by atoms with Crippen molar-refractivity contribution in [3.8, 4) is 5.75 Å². The van der Waals surface area contributed by atoms with Crippen molar-refractivity contribution in [1.29, 1.82) is 0 Å². The molecule has 0 spiro atoms. The summed E-state index contributed by atoms with van der Waals surface area (Å²) in [7, 11) is 0. The van der Waals surface area contributed by atoms with E-state index in [4.69, 9.17) is 10.5 Å². The lowest BCUT2D eigenvalue weighted by Crippen LogP contribution is -2.54. The Kier molecular flexibility index (Phi) is 8.87. The summed E-state index contributed by atoms with van der Waals surface area (Å²) < 4.78 is 5.68. The van der Waals surface area contributed by atoms with Crippen molar-refractivity contribution in [2.24, 2.45) is 11.1 Å². The van der Waals surface area contributed by atoms with E-state index in [0.29, 0.717) is 25.6 Å². The quantitative estimate of drug-likeness (QED) is 0.710. The highest BCUT2D eigenvalue weighted by Crippen LogP contribution is 2.27. The van der Waals surface area contributed by atoms with Crippen LogP contribution in [0.15, 0.2) is 24.3 Å². The van der Waals surface area contributed by atoms with E-state index in [1.54, 1.807) is 0 Å². The first-order chi connectivity index (χ1) is 11.8. The Morgan fingerprint density at radius 1 is 1.35 bits per heavy atom. The van der Waals surface area contributed by atoms with Crippen molar-refractivity contribution >= 4 is 18.3 Å². The number of likely N-dealkylation sites (tertiary alicyclic amines) is 1. The van der Waals surface area contributed by atoms with Gasteiger partial charge >= 0.3 is 0 Å². The Bertz CT molecular complexity index is 561. The summed E-state index contributed by atoms with van der Waals surface area (Å²) in [5, 5.41) is 2.93. The third kappa shape index (κ3) is 6.78. The van der Waals surface area contributed by atoms with Crippen LogP contribution in [0.4, 0.5) is 0 Å². The van der Waals surface area contributed by atoms with Crippen LogP contribution in [-0.2, 0) is 4.79 Å². The molecule has 5 nitrogen and oxygen atoms in total. The summed E-state index contributed by atoms with van der Waals surface area (Å²) in [6.45, 7) is 11.8. The smallest absolute Gasteiger partial charge is 0.234 e. The van der Waals surface area contributed by atoms with E-state index in [0.717, 1.165) is 25.3 Å². The Morgan fingerprint density at radius 3 is 2.58 bits per heavy atom. The second-order valence-electron chi connectivity index (χ2n) is 8.02. The molecule has 1 aromatic rings. The number of piperidine rings is 1. The highest BCUT2D eigenvalue weighted by molar-refractivity contribution is 5.85. The van der Waals surface area contributed by atoms with Gasteiger partial charge in [0.1, 0.15) is 12.4 Å². The molecule has 6 heteroatoms. The summed E-state index contributed by atoms with van der Waals surface area (Å²) in [6, 6.07) is 8.34. The van der Waals surface area contributed by atoms with Crippen LogP contribution in [0.2, 0.25) is 0 Å². The summed E-state index contributed by atoms with van der Waals surface area (Å²) >= 11 is 0. The highest BCUT2D eigenvalue weighted by Gasteiger charge is 2.33. The first-order valence-corrected chi connectivity index (χ1v) is 9.25. The van der Waals surface area contributed by atoms with Crippen LogP contribution in [0.3, 0.4) is 0 Å². The minimum Gasteiger partial charge on any atom is -0.492 e. The molecule has 1 aromatic carbocycles. The van der Waals surface area contributed by atoms with Crippen LogP contribution < -0.4 is 15.8 Å². The summed E-state index contributed by atoms with van der Waals surface area (Å²) in [5.74, 6) is 1.40. The molecule has 0 aromatic heterocycles. The second-order valence-corrected chi connectivity index (χ2v) is 8.02. The first kappa shape index (κ1) is 22.7. The van der Waals surface area contributed by atoms with Gasteiger partial charge in [0.15, 0.2) is 0 Å². The topological polar surface area (TPSA) is 67.6 Å². The van der Waals surface area contributed by atoms with Crippen molar-refractivity contribution in [2.75, 3.05) is 32.8 Å². The van der Waals surface area contributed by atoms with Gasteiger partial charge in [-0.1, -0.05) is 39.8 Å². The maximum Gasteiger partial charge on any atom is 0.234 e. The molecular formula is C20H34ClN3O2. The van der Waals surface area contributed by atoms with E-state index in [1.807, 2.05) is 12.1 Å². The first-order valence-electron chi connectivity index (χ1n) is 9.25. The van der Waals surface area contributed by atoms with Gasteiger partial charge < -0.3 is 15.8 Å². The van der Waals surface area contributed by atoms with E-state index >= 15 is 0 Å². The molecule has 0 bridgehead atoms. The molecule has 1 atom stereocenters. The predicted octanol–water partition coefficient (Wildman–Crippen LogP) is 2.79. The lowest BCUT2D eigenvalue weighted by atomic mass is 9.80. The minimum atomic E-state index is 0. The molecule has 3 N–H and O–H groups in total. The summed E-state index contributed by atoms with van der Waals surface area (Å²) in [5.41, 5.74) is 7.50. The standard InChI is InChI=1S/C20H33N3O2.ClH/c1-15(2)16-5-7-17(8-6-16)25-12-10-22-19(24)13-23-11-9-18(21)20(3,4)14-23;/h5-8,15,18H,9-14,21H2,1-4H3,(H,22,24);1H. The Labute approximate surface area is 164 Å². The second kappa shape index (κ2) is 10.1. The highest BCUT2D eigenvalue weighted by atomic mass is 35.5. The molecule has 1 fully saturated rings. The molecule has 148 valence electrons. The number of rotatable bonds is 7. The van der Waals surface area contributed by atoms with Gasteiger partial charge in [0, 0.05) is 19.1 Å². The third-order valence-corrected chi connectivity index (χ3v) is 5.00. The minimum absolute atomic E-state index is 0. The van der Waals surface area contributed by atoms with Crippen LogP contribution in [0.1, 0.15) is 45.6 Å². The molecule has 1 amide bonds. The fourth-order valence-corrected chi connectivity index (χ4v) is 3.19. The van der Waals surface area contributed by atoms with Gasteiger partial charge in [0.2, 0.25) is 5.91 Å². The molecule has 0 radical (unpaired) electrons. The maximum atomic E-state index is 12.1. The average molecular weight is 384 g/mol. The number of nitrogens with one attached hydrogen (secondary N) is 1. The van der Waals surface area contributed by atoms with Crippen molar-refractivity contribution in [3.05, 3.63) is 29.8 Å². The largest absolute Gasteiger partial charge is 0.492 e. The Morgan fingerprint density at radius 2 is 2.00 bits per heavy atom. The van der Waals surface area contributed by atoms with E-state index in [1.165, 1.54) is 5.56 Å². The van der Waals surface area contributed by atoms with Crippen LogP contribution in [0.5, 0.6) is 5.75 Å². The van der Waals surface area contributed by atoms with Crippen LogP contribution >= 0.6 is 12.4 Å². The van der Waals surface area contributed by atoms with Crippen LogP contribution in [0.25, 0.3) is 0 Å². The molecule has 1 aliphatic rings. The molecule has 1 aliphatic heterocycles. The molecular weight excluding hydrogens is 350 g/mol. The molecule has 0 aliphatic carbocycles. The van der Waals surface area contributed by atoms with E-state index in [2.05, 4.69) is 50.0 Å². The fraction of sp³-hybridized carbons (Fsp3) is 0.650. The normalized spacial score (nSPS) is 19.7. The maximum absolute atomic E-state index is 12.1. The van der Waals surface area contributed by atoms with Gasteiger partial charge in [-0.05, 0) is 35.4 Å². The molecule has 1 unspecified atom stereocenters. The molecule has 2 rings (SSSR count). The fourth-order valence-electron chi connectivity index (χ4n) is 3.19. The zero-order valence-electron chi connectivity index (χ0n) is 16.5. The lowest BCUT2D eigenvalue weighted by molar-refractivity contribution is -0.123.